The average Bonchev–Trinajstić information content (AvgIpc) is 2.58. The smallest absolute Gasteiger partial charge is 0.0935 e. The van der Waals surface area contributed by atoms with Crippen molar-refractivity contribution >= 4 is 29.3 Å². The van der Waals surface area contributed by atoms with Gasteiger partial charge in [-0.25, -0.2) is 0 Å². The summed E-state index contributed by atoms with van der Waals surface area (Å²) >= 11 is 12.3. The summed E-state index contributed by atoms with van der Waals surface area (Å²) in [4.78, 5) is 2.10. The fourth-order valence-corrected chi connectivity index (χ4v) is 3.60. The van der Waals surface area contributed by atoms with Crippen molar-refractivity contribution in [3.63, 3.8) is 0 Å². The van der Waals surface area contributed by atoms with Crippen molar-refractivity contribution in [3.8, 4) is 0 Å². The SMILES string of the molecule is C/C(=C/c1ccc(Cl)cc1)C(O)(Cc1ccccc1Cl)C(C)CN(C)C. The van der Waals surface area contributed by atoms with E-state index in [1.54, 1.807) is 0 Å². The fourth-order valence-electron chi connectivity index (χ4n) is 3.27. The molecule has 0 spiro atoms. The molecule has 26 heavy (non-hydrogen) atoms. The van der Waals surface area contributed by atoms with Crippen LogP contribution in [-0.4, -0.2) is 36.2 Å². The molecule has 0 saturated carbocycles. The molecule has 2 aromatic rings. The zero-order valence-electron chi connectivity index (χ0n) is 15.8. The van der Waals surface area contributed by atoms with Gasteiger partial charge in [-0.3, -0.25) is 0 Å². The highest BCUT2D eigenvalue weighted by molar-refractivity contribution is 6.31. The predicted octanol–water partition coefficient (Wildman–Crippen LogP) is 5.57. The van der Waals surface area contributed by atoms with E-state index in [-0.39, 0.29) is 5.92 Å². The summed E-state index contributed by atoms with van der Waals surface area (Å²) in [7, 11) is 4.04. The second-order valence-corrected chi connectivity index (χ2v) is 8.08. The molecule has 0 aliphatic rings. The van der Waals surface area contributed by atoms with Crippen molar-refractivity contribution in [2.45, 2.75) is 25.9 Å². The van der Waals surface area contributed by atoms with Gasteiger partial charge in [0.05, 0.1) is 5.60 Å². The van der Waals surface area contributed by atoms with E-state index >= 15 is 0 Å². The van der Waals surface area contributed by atoms with E-state index in [0.717, 1.165) is 23.2 Å². The van der Waals surface area contributed by atoms with Crippen LogP contribution in [-0.2, 0) is 6.42 Å². The number of hydrogen-bond donors (Lipinski definition) is 1. The Morgan fingerprint density at radius 1 is 1.12 bits per heavy atom. The number of rotatable bonds is 7. The minimum absolute atomic E-state index is 0.0253. The Labute approximate surface area is 167 Å². The first kappa shape index (κ1) is 21.0. The second-order valence-electron chi connectivity index (χ2n) is 7.23. The van der Waals surface area contributed by atoms with Gasteiger partial charge in [-0.1, -0.05) is 66.5 Å². The Morgan fingerprint density at radius 3 is 2.31 bits per heavy atom. The van der Waals surface area contributed by atoms with Gasteiger partial charge in [0.1, 0.15) is 0 Å². The summed E-state index contributed by atoms with van der Waals surface area (Å²) < 4.78 is 0. The zero-order valence-corrected chi connectivity index (χ0v) is 17.3. The second kappa shape index (κ2) is 9.05. The van der Waals surface area contributed by atoms with Crippen molar-refractivity contribution in [2.24, 2.45) is 5.92 Å². The van der Waals surface area contributed by atoms with E-state index in [1.165, 1.54) is 0 Å². The highest BCUT2D eigenvalue weighted by Crippen LogP contribution is 2.34. The van der Waals surface area contributed by atoms with Gasteiger partial charge in [-0.15, -0.1) is 0 Å². The highest BCUT2D eigenvalue weighted by atomic mass is 35.5. The molecule has 2 rings (SSSR count). The first-order valence-electron chi connectivity index (χ1n) is 8.77. The molecule has 0 aliphatic heterocycles. The zero-order chi connectivity index (χ0) is 19.3. The van der Waals surface area contributed by atoms with Crippen LogP contribution in [0.5, 0.6) is 0 Å². The lowest BCUT2D eigenvalue weighted by Gasteiger charge is -2.37. The molecular formula is C22H27Cl2NO. The van der Waals surface area contributed by atoms with Crippen LogP contribution in [0.1, 0.15) is 25.0 Å². The summed E-state index contributed by atoms with van der Waals surface area (Å²) in [5, 5.41) is 13.1. The summed E-state index contributed by atoms with van der Waals surface area (Å²) in [6.07, 6.45) is 2.50. The molecule has 140 valence electrons. The lowest BCUT2D eigenvalue weighted by molar-refractivity contribution is 0.0150. The third-order valence-corrected chi connectivity index (χ3v) is 5.43. The number of benzene rings is 2. The molecule has 0 aromatic heterocycles. The van der Waals surface area contributed by atoms with Crippen molar-refractivity contribution in [1.82, 2.24) is 4.90 Å². The van der Waals surface area contributed by atoms with Gasteiger partial charge < -0.3 is 10.0 Å². The standard InChI is InChI=1S/C22H27Cl2NO/c1-16(13-18-9-11-20(23)12-10-18)22(26,17(2)15-25(3)4)14-19-7-5-6-8-21(19)24/h5-13,17,26H,14-15H2,1-4H3/b16-13-. The fraction of sp³-hybridized carbons (Fsp3) is 0.364. The molecule has 0 amide bonds. The number of halogens is 2. The molecule has 0 heterocycles. The van der Waals surface area contributed by atoms with Gasteiger partial charge >= 0.3 is 0 Å². The van der Waals surface area contributed by atoms with Crippen LogP contribution < -0.4 is 0 Å². The maximum Gasteiger partial charge on any atom is 0.0935 e. The molecule has 4 heteroatoms. The Morgan fingerprint density at radius 2 is 1.73 bits per heavy atom. The van der Waals surface area contributed by atoms with Gasteiger partial charge in [0.15, 0.2) is 0 Å². The van der Waals surface area contributed by atoms with E-state index in [9.17, 15) is 5.11 Å². The molecule has 2 unspecified atom stereocenters. The molecule has 0 fully saturated rings. The predicted molar refractivity (Wildman–Crippen MR) is 113 cm³/mol. The Kier molecular flexibility index (Phi) is 7.31. The van der Waals surface area contributed by atoms with Crippen LogP contribution in [0.15, 0.2) is 54.1 Å². The molecule has 0 aliphatic carbocycles. The van der Waals surface area contributed by atoms with Crippen LogP contribution in [0.2, 0.25) is 10.0 Å². The van der Waals surface area contributed by atoms with E-state index < -0.39 is 5.60 Å². The summed E-state index contributed by atoms with van der Waals surface area (Å²) in [6.45, 7) is 4.83. The van der Waals surface area contributed by atoms with Gasteiger partial charge in [0.25, 0.3) is 0 Å². The van der Waals surface area contributed by atoms with Gasteiger partial charge in [0.2, 0.25) is 0 Å². The minimum Gasteiger partial charge on any atom is -0.385 e. The average molecular weight is 392 g/mol. The van der Waals surface area contributed by atoms with Crippen LogP contribution in [0.3, 0.4) is 0 Å². The molecule has 0 radical (unpaired) electrons. The molecule has 2 nitrogen and oxygen atoms in total. The lowest BCUT2D eigenvalue weighted by atomic mass is 9.77. The Hall–Kier alpha value is -1.32. The molecule has 0 bridgehead atoms. The number of hydrogen-bond acceptors (Lipinski definition) is 2. The lowest BCUT2D eigenvalue weighted by Crippen LogP contribution is -2.44. The van der Waals surface area contributed by atoms with E-state index in [1.807, 2.05) is 75.6 Å². The maximum atomic E-state index is 11.7. The van der Waals surface area contributed by atoms with Crippen LogP contribution in [0, 0.1) is 5.92 Å². The van der Waals surface area contributed by atoms with Gasteiger partial charge in [0, 0.05) is 28.9 Å². The number of aliphatic hydroxyl groups is 1. The van der Waals surface area contributed by atoms with Crippen molar-refractivity contribution < 1.29 is 5.11 Å². The normalized spacial score (nSPS) is 15.8. The molecular weight excluding hydrogens is 365 g/mol. The Bertz CT molecular complexity index is 755. The van der Waals surface area contributed by atoms with Crippen molar-refractivity contribution in [3.05, 3.63) is 75.3 Å². The molecule has 2 atom stereocenters. The van der Waals surface area contributed by atoms with Gasteiger partial charge in [-0.05, 0) is 55.9 Å². The summed E-state index contributed by atoms with van der Waals surface area (Å²) in [6, 6.07) is 15.3. The van der Waals surface area contributed by atoms with E-state index in [4.69, 9.17) is 23.2 Å². The highest BCUT2D eigenvalue weighted by Gasteiger charge is 2.36. The van der Waals surface area contributed by atoms with Crippen molar-refractivity contribution in [1.29, 1.82) is 0 Å². The first-order valence-corrected chi connectivity index (χ1v) is 9.53. The summed E-state index contributed by atoms with van der Waals surface area (Å²) in [5.74, 6) is 0.0253. The summed E-state index contributed by atoms with van der Waals surface area (Å²) in [5.41, 5.74) is 1.87. The molecule has 0 saturated heterocycles. The third-order valence-electron chi connectivity index (χ3n) is 4.81. The van der Waals surface area contributed by atoms with E-state index in [2.05, 4.69) is 11.8 Å². The quantitative estimate of drug-likeness (QED) is 0.666. The van der Waals surface area contributed by atoms with Crippen molar-refractivity contribution in [2.75, 3.05) is 20.6 Å². The Balaban J connectivity index is 2.41. The first-order chi connectivity index (χ1) is 12.2. The maximum absolute atomic E-state index is 11.7. The monoisotopic (exact) mass is 391 g/mol. The van der Waals surface area contributed by atoms with Crippen LogP contribution in [0.4, 0.5) is 0 Å². The molecule has 2 aromatic carbocycles. The largest absolute Gasteiger partial charge is 0.385 e. The topological polar surface area (TPSA) is 23.5 Å². The van der Waals surface area contributed by atoms with Gasteiger partial charge in [-0.2, -0.15) is 0 Å². The minimum atomic E-state index is -1.01. The van der Waals surface area contributed by atoms with E-state index in [0.29, 0.717) is 16.5 Å². The number of nitrogens with zero attached hydrogens (tertiary/aromatic N) is 1. The third kappa shape index (κ3) is 5.34. The van der Waals surface area contributed by atoms with Crippen LogP contribution in [0.25, 0.3) is 6.08 Å². The van der Waals surface area contributed by atoms with Crippen LogP contribution >= 0.6 is 23.2 Å². The molecule has 1 N–H and O–H groups in total.